The molecule has 17 unspecified atom stereocenters. The third-order valence-electron chi connectivity index (χ3n) is 14.5. The summed E-state index contributed by atoms with van der Waals surface area (Å²) in [5.41, 5.74) is -1.13. The van der Waals surface area contributed by atoms with Crippen molar-refractivity contribution in [2.75, 3.05) is 167 Å². The van der Waals surface area contributed by atoms with Crippen LogP contribution in [-0.4, -0.2) is 321 Å². The van der Waals surface area contributed by atoms with Gasteiger partial charge in [0.25, 0.3) is 0 Å². The first kappa shape index (κ1) is 101. The zero-order chi connectivity index (χ0) is 78.3. The van der Waals surface area contributed by atoms with Gasteiger partial charge in [0, 0.05) is 67.0 Å². The number of carbonyl (C=O) groups is 3. The predicted octanol–water partition coefficient (Wildman–Crippen LogP) is 1.81. The van der Waals surface area contributed by atoms with Crippen molar-refractivity contribution < 1.29 is 175 Å². The number of carbonyl (C=O) groups excluding carboxylic acids is 3. The number of rotatable bonds is 66. The van der Waals surface area contributed by atoms with E-state index in [1.807, 2.05) is 0 Å². The van der Waals surface area contributed by atoms with Crippen molar-refractivity contribution in [3.63, 3.8) is 0 Å². The fraction of sp³-hybridized carbons (Fsp3) is 0.947. The number of aliphatic hydroxyl groups is 9. The van der Waals surface area contributed by atoms with Crippen molar-refractivity contribution in [3.05, 3.63) is 0 Å². The topological polar surface area (TPSA) is 542 Å². The lowest BCUT2D eigenvalue weighted by Gasteiger charge is -2.42. The zero-order valence-corrected chi connectivity index (χ0v) is 67.1. The molecule has 105 heavy (non-hydrogen) atoms. The van der Waals surface area contributed by atoms with E-state index < -0.39 is 163 Å². The second kappa shape index (κ2) is 56.7. The summed E-state index contributed by atoms with van der Waals surface area (Å²) in [5, 5.41) is 98.0. The molecule has 19 atom stereocenters. The Kier molecular flexibility index (Phi) is 54.3. The SMILES string of the molecule is COSP(=O)(O)OCCCOCC(COCCCOP(=O)(S)OCCCCOC1OC(CO)C(O)C(O)C1NC(C)=O)(COCCCOP(=O)(OCCCCOC1OC(CO)C(O)C(O)C1NC(C)=O)SOC)COCCCOP(=O)(OCCCCOC(OC(CO)[C@@H](C)O)[C@H](CO)NC(C)=O)SOC. The highest BCUT2D eigenvalue weighted by atomic mass is 32.7. The van der Waals surface area contributed by atoms with Gasteiger partial charge in [0.05, 0.1) is 132 Å². The number of nitrogens with one attached hydrogen (secondary N) is 3. The molecule has 2 saturated heterocycles. The van der Waals surface area contributed by atoms with Gasteiger partial charge in [-0.1, -0.05) is 12.2 Å². The van der Waals surface area contributed by atoms with E-state index >= 15 is 0 Å². The van der Waals surface area contributed by atoms with Gasteiger partial charge in [0.1, 0.15) is 95.8 Å². The lowest BCUT2D eigenvalue weighted by atomic mass is 9.92. The Balaban J connectivity index is 2.18. The van der Waals surface area contributed by atoms with Crippen LogP contribution >= 0.6 is 74.4 Å². The normalized spacial score (nSPS) is 24.8. The molecule has 0 saturated carbocycles. The first-order valence-corrected chi connectivity index (χ1v) is 45.1. The van der Waals surface area contributed by atoms with Crippen molar-refractivity contribution in [1.82, 2.24) is 16.0 Å². The molecule has 0 aromatic carbocycles. The van der Waals surface area contributed by atoms with E-state index in [0.29, 0.717) is 42.6 Å². The number of amides is 3. The molecule has 0 aliphatic carbocycles. The van der Waals surface area contributed by atoms with Gasteiger partial charge in [-0.3, -0.25) is 37.0 Å². The predicted molar refractivity (Wildman–Crippen MR) is 380 cm³/mol. The summed E-state index contributed by atoms with van der Waals surface area (Å²) in [6.45, 7) is -14.5. The van der Waals surface area contributed by atoms with Gasteiger partial charge in [0.15, 0.2) is 18.9 Å². The van der Waals surface area contributed by atoms with Crippen molar-refractivity contribution >= 4 is 92.1 Å². The van der Waals surface area contributed by atoms with E-state index in [0.717, 1.165) is 0 Å². The van der Waals surface area contributed by atoms with Crippen LogP contribution in [0.4, 0.5) is 0 Å². The van der Waals surface area contributed by atoms with Gasteiger partial charge in [-0.25, -0.2) is 18.3 Å². The number of hydrogen-bond acceptors (Lipinski definition) is 39. The minimum atomic E-state index is -4.12. The van der Waals surface area contributed by atoms with E-state index in [2.05, 4.69) is 32.4 Å². The zero-order valence-electron chi connectivity index (χ0n) is 60.2. The van der Waals surface area contributed by atoms with Crippen LogP contribution < -0.4 is 16.0 Å². The molecule has 2 rings (SSSR count). The largest absolute Gasteiger partial charge is 0.415 e. The Bertz CT molecular complexity index is 2530. The maximum absolute atomic E-state index is 13.7. The van der Waals surface area contributed by atoms with E-state index in [1.54, 1.807) is 0 Å². The van der Waals surface area contributed by atoms with Crippen LogP contribution in [0.2, 0.25) is 0 Å². The molecule has 48 heteroatoms. The summed E-state index contributed by atoms with van der Waals surface area (Å²) in [7, 11) is 3.76. The van der Waals surface area contributed by atoms with E-state index in [1.165, 1.54) is 49.0 Å². The molecule has 2 heterocycles. The number of thiol groups is 1. The smallest absolute Gasteiger partial charge is 0.394 e. The van der Waals surface area contributed by atoms with Gasteiger partial charge in [-0.15, -0.1) is 0 Å². The van der Waals surface area contributed by atoms with Gasteiger partial charge in [0.2, 0.25) is 17.7 Å². The third-order valence-corrected chi connectivity index (χ3v) is 24.3. The molecule has 40 nitrogen and oxygen atoms in total. The van der Waals surface area contributed by atoms with Crippen LogP contribution in [0.1, 0.15) is 91.9 Å². The molecule has 2 aliphatic heterocycles. The maximum Gasteiger partial charge on any atom is 0.415 e. The number of unbranched alkanes of at least 4 members (excludes halogenated alkanes) is 3. The summed E-state index contributed by atoms with van der Waals surface area (Å²) in [6.07, 6.45) is -11.8. The lowest BCUT2D eigenvalue weighted by Crippen LogP contribution is -2.64. The molecule has 3 amide bonds. The molecule has 13 N–H and O–H groups in total. The summed E-state index contributed by atoms with van der Waals surface area (Å²) in [6, 6.07) is -3.31. The van der Waals surface area contributed by atoms with E-state index in [4.69, 9.17) is 87.4 Å². The van der Waals surface area contributed by atoms with E-state index in [9.17, 15) is 83.5 Å². The molecule has 622 valence electrons. The fourth-order valence-corrected chi connectivity index (χ4v) is 16.8. The first-order chi connectivity index (χ1) is 49.9. The second-order valence-corrected chi connectivity index (χ2v) is 37.4. The average molecular weight is 1680 g/mol. The standard InChI is InChI=1S/C57H113N3O37P4S4/c1-40(65)45(33-62)95-54(44(32-61)58-41(2)66)85-22-9-12-26-91-100(76,104-79-6)93-30-16-20-83-38-57(36-81-18-14-28-88-98(73,74)103-78-5,37-82-19-15-29-90-99(75,102)89-25-11-8-23-86-55-48(59-42(3)67)52(71)50(69)46(34-63)96-55)39-84-21-17-31-94-101(77,105-80-7)92-27-13-10-24-87-56-49(60-43(4)68)53(72)51(70)47(35-64)97-56/h40,44-56,61-65,69-72H,8-39H2,1-7H3,(H,58,66)(H,59,67)(H,60,68)(H,73,74)(H,75,102)/t40-,44+,45?,46?,47?,48?,49?,50?,51?,52?,53?,54?,55?,56?,57?,99?,100?,101?/m1/s1. The summed E-state index contributed by atoms with van der Waals surface area (Å²) >= 11 is 5.34. The van der Waals surface area contributed by atoms with Crippen molar-refractivity contribution in [2.24, 2.45) is 5.41 Å². The summed E-state index contributed by atoms with van der Waals surface area (Å²) in [5.74, 6) is -1.52. The van der Waals surface area contributed by atoms with Crippen molar-refractivity contribution in [2.45, 2.75) is 178 Å². The van der Waals surface area contributed by atoms with Crippen LogP contribution in [0.5, 0.6) is 0 Å². The molecular weight excluding hydrogens is 1570 g/mol. The Hall–Kier alpha value is -0.470. The van der Waals surface area contributed by atoms with Crippen LogP contribution in [0.25, 0.3) is 0 Å². The molecule has 0 bridgehead atoms. The van der Waals surface area contributed by atoms with Gasteiger partial charge in [-0.2, -0.15) is 0 Å². The number of ether oxygens (including phenoxy) is 10. The summed E-state index contributed by atoms with van der Waals surface area (Å²) < 4.78 is 165. The van der Waals surface area contributed by atoms with Crippen molar-refractivity contribution in [3.8, 4) is 0 Å². The monoisotopic (exact) mass is 1680 g/mol. The highest BCUT2D eigenvalue weighted by molar-refractivity contribution is 8.53. The minimum absolute atomic E-state index is 0.00405. The molecule has 0 spiro atoms. The summed E-state index contributed by atoms with van der Waals surface area (Å²) in [4.78, 5) is 45.4. The quantitative estimate of drug-likeness (QED) is 0.0136. The Morgan fingerprint density at radius 2 is 0.857 bits per heavy atom. The minimum Gasteiger partial charge on any atom is -0.394 e. The first-order valence-electron chi connectivity index (χ1n) is 33.7. The van der Waals surface area contributed by atoms with Crippen LogP contribution in [0.15, 0.2) is 0 Å². The van der Waals surface area contributed by atoms with Crippen LogP contribution in [-0.2, 0) is 124 Å². The lowest BCUT2D eigenvalue weighted by molar-refractivity contribution is -0.270. The van der Waals surface area contributed by atoms with Gasteiger partial charge in [-0.05, 0) is 71.1 Å². The number of aliphatic hydroxyl groups excluding tert-OH is 9. The molecular formula is C57H113N3O37P4S4. The second-order valence-electron chi connectivity index (χ2n) is 23.6. The molecule has 2 aliphatic rings. The highest BCUT2D eigenvalue weighted by Gasteiger charge is 2.47. The molecule has 0 aromatic rings. The van der Waals surface area contributed by atoms with Crippen LogP contribution in [0.3, 0.4) is 0 Å². The number of hydrogen-bond donors (Lipinski definition) is 14. The third kappa shape index (κ3) is 43.0. The Morgan fingerprint density at radius 1 is 0.495 bits per heavy atom. The Labute approximate surface area is 630 Å². The van der Waals surface area contributed by atoms with Gasteiger partial charge >= 0.3 is 27.2 Å². The Morgan fingerprint density at radius 3 is 1.21 bits per heavy atom. The molecule has 2 fully saturated rings. The average Bonchev–Trinajstić information content (AvgIpc) is 0.812. The molecule has 0 aromatic heterocycles. The van der Waals surface area contributed by atoms with Gasteiger partial charge < -0.3 is 136 Å². The molecule has 0 radical (unpaired) electrons. The van der Waals surface area contributed by atoms with Crippen LogP contribution in [0, 0.1) is 5.41 Å². The fourth-order valence-electron chi connectivity index (χ4n) is 9.42. The van der Waals surface area contributed by atoms with E-state index in [-0.39, 0.29) is 176 Å². The highest BCUT2D eigenvalue weighted by Crippen LogP contribution is 2.62. The maximum atomic E-state index is 13.7. The van der Waals surface area contributed by atoms with Crippen molar-refractivity contribution in [1.29, 1.82) is 0 Å².